The van der Waals surface area contributed by atoms with E-state index in [0.29, 0.717) is 12.6 Å². The van der Waals surface area contributed by atoms with Crippen LogP contribution in [0.25, 0.3) is 0 Å². The van der Waals surface area contributed by atoms with Crippen molar-refractivity contribution in [2.45, 2.75) is 44.8 Å². The summed E-state index contributed by atoms with van der Waals surface area (Å²) in [5.41, 5.74) is 0. The summed E-state index contributed by atoms with van der Waals surface area (Å²) in [6, 6.07) is 0.182. The third-order valence-electron chi connectivity index (χ3n) is 2.25. The molecule has 4 heteroatoms. The number of aliphatic hydroxyl groups is 1. The minimum absolute atomic E-state index is 0.159. The van der Waals surface area contributed by atoms with Gasteiger partial charge in [0.2, 0.25) is 0 Å². The summed E-state index contributed by atoms with van der Waals surface area (Å²) in [6.45, 7) is 1.97. The van der Waals surface area contributed by atoms with E-state index in [0.717, 1.165) is 12.8 Å². The lowest BCUT2D eigenvalue weighted by atomic mass is 10.2. The van der Waals surface area contributed by atoms with E-state index < -0.39 is 6.10 Å². The van der Waals surface area contributed by atoms with Gasteiger partial charge >= 0.3 is 6.03 Å². The fourth-order valence-electron chi connectivity index (χ4n) is 1.55. The first kappa shape index (κ1) is 10.3. The van der Waals surface area contributed by atoms with Crippen LogP contribution < -0.4 is 10.6 Å². The van der Waals surface area contributed by atoms with Gasteiger partial charge in [0, 0.05) is 12.6 Å². The van der Waals surface area contributed by atoms with E-state index in [1.807, 2.05) is 0 Å². The van der Waals surface area contributed by atoms with Crippen LogP contribution >= 0.6 is 0 Å². The Kier molecular flexibility index (Phi) is 4.02. The van der Waals surface area contributed by atoms with Gasteiger partial charge in [-0.3, -0.25) is 0 Å². The van der Waals surface area contributed by atoms with Crippen LogP contribution in [0.3, 0.4) is 0 Å². The predicted molar refractivity (Wildman–Crippen MR) is 50.5 cm³/mol. The third-order valence-corrected chi connectivity index (χ3v) is 2.25. The second-order valence-corrected chi connectivity index (χ2v) is 3.68. The Morgan fingerprint density at radius 3 is 2.69 bits per heavy atom. The monoisotopic (exact) mass is 186 g/mol. The molecule has 1 atom stereocenters. The molecule has 3 N–H and O–H groups in total. The van der Waals surface area contributed by atoms with Gasteiger partial charge in [0.15, 0.2) is 0 Å². The molecule has 0 saturated heterocycles. The van der Waals surface area contributed by atoms with Gasteiger partial charge in [0.1, 0.15) is 0 Å². The molecule has 2 amide bonds. The van der Waals surface area contributed by atoms with Gasteiger partial charge in [-0.05, 0) is 19.8 Å². The number of hydrogen-bond donors (Lipinski definition) is 3. The van der Waals surface area contributed by atoms with Crippen molar-refractivity contribution in [3.63, 3.8) is 0 Å². The second-order valence-electron chi connectivity index (χ2n) is 3.68. The van der Waals surface area contributed by atoms with Crippen LogP contribution in [0.4, 0.5) is 4.79 Å². The quantitative estimate of drug-likeness (QED) is 0.604. The molecule has 0 aromatic heterocycles. The van der Waals surface area contributed by atoms with Crippen LogP contribution in [0.1, 0.15) is 32.6 Å². The smallest absolute Gasteiger partial charge is 0.315 e. The summed E-state index contributed by atoms with van der Waals surface area (Å²) >= 11 is 0. The third kappa shape index (κ3) is 4.12. The first-order chi connectivity index (χ1) is 6.18. The van der Waals surface area contributed by atoms with Crippen LogP contribution in [0.15, 0.2) is 0 Å². The zero-order chi connectivity index (χ0) is 9.68. The highest BCUT2D eigenvalue weighted by molar-refractivity contribution is 5.74. The van der Waals surface area contributed by atoms with Gasteiger partial charge in [-0.15, -0.1) is 0 Å². The molecule has 0 heterocycles. The zero-order valence-electron chi connectivity index (χ0n) is 8.05. The summed E-state index contributed by atoms with van der Waals surface area (Å²) in [6.07, 6.45) is 4.11. The van der Waals surface area contributed by atoms with Gasteiger partial charge in [-0.25, -0.2) is 4.79 Å². The maximum atomic E-state index is 11.2. The standard InChI is InChI=1S/C9H18N2O2/c1-7(12)6-10-9(13)11-8-4-2-3-5-8/h7-8,12H,2-6H2,1H3,(H2,10,11,13)/t7-/m0/s1. The minimum Gasteiger partial charge on any atom is -0.392 e. The molecular weight excluding hydrogens is 168 g/mol. The Bertz CT molecular complexity index is 165. The lowest BCUT2D eigenvalue weighted by Crippen LogP contribution is -2.43. The number of nitrogens with one attached hydrogen (secondary N) is 2. The maximum absolute atomic E-state index is 11.2. The Morgan fingerprint density at radius 2 is 2.15 bits per heavy atom. The minimum atomic E-state index is -0.477. The molecule has 0 aromatic carbocycles. The Hall–Kier alpha value is -0.770. The predicted octanol–water partition coefficient (Wildman–Crippen LogP) is 0.609. The van der Waals surface area contributed by atoms with E-state index in [2.05, 4.69) is 10.6 Å². The highest BCUT2D eigenvalue weighted by Gasteiger charge is 2.16. The molecule has 1 fully saturated rings. The number of amides is 2. The molecule has 0 spiro atoms. The Labute approximate surface area is 78.7 Å². The van der Waals surface area contributed by atoms with Crippen LogP contribution in [-0.2, 0) is 0 Å². The number of aliphatic hydroxyl groups excluding tert-OH is 1. The topological polar surface area (TPSA) is 61.4 Å². The van der Waals surface area contributed by atoms with E-state index >= 15 is 0 Å². The number of carbonyl (C=O) groups is 1. The van der Waals surface area contributed by atoms with Crippen molar-refractivity contribution in [1.29, 1.82) is 0 Å². The SMILES string of the molecule is C[C@H](O)CNC(=O)NC1CCCC1. The van der Waals surface area contributed by atoms with E-state index in [1.165, 1.54) is 12.8 Å². The van der Waals surface area contributed by atoms with Crippen LogP contribution in [0.5, 0.6) is 0 Å². The Balaban J connectivity index is 2.09. The number of hydrogen-bond acceptors (Lipinski definition) is 2. The van der Waals surface area contributed by atoms with Crippen LogP contribution in [-0.4, -0.2) is 29.8 Å². The number of rotatable bonds is 3. The maximum Gasteiger partial charge on any atom is 0.315 e. The normalized spacial score (nSPS) is 19.8. The fourth-order valence-corrected chi connectivity index (χ4v) is 1.55. The van der Waals surface area contributed by atoms with Crippen molar-refractivity contribution in [1.82, 2.24) is 10.6 Å². The summed E-state index contributed by atoms with van der Waals surface area (Å²) < 4.78 is 0. The average molecular weight is 186 g/mol. The van der Waals surface area contributed by atoms with Crippen LogP contribution in [0.2, 0.25) is 0 Å². The van der Waals surface area contributed by atoms with Crippen molar-refractivity contribution >= 4 is 6.03 Å². The summed E-state index contributed by atoms with van der Waals surface area (Å²) in [4.78, 5) is 11.2. The molecule has 0 aromatic rings. The molecule has 0 radical (unpaired) electrons. The lowest BCUT2D eigenvalue weighted by molar-refractivity contribution is 0.186. The molecule has 76 valence electrons. The lowest BCUT2D eigenvalue weighted by Gasteiger charge is -2.13. The van der Waals surface area contributed by atoms with Gasteiger partial charge in [0.25, 0.3) is 0 Å². The van der Waals surface area contributed by atoms with Gasteiger partial charge in [0.05, 0.1) is 6.10 Å². The van der Waals surface area contributed by atoms with E-state index in [4.69, 9.17) is 5.11 Å². The van der Waals surface area contributed by atoms with Crippen molar-refractivity contribution in [2.24, 2.45) is 0 Å². The zero-order valence-corrected chi connectivity index (χ0v) is 8.05. The molecule has 0 unspecified atom stereocenters. The highest BCUT2D eigenvalue weighted by atomic mass is 16.3. The van der Waals surface area contributed by atoms with Gasteiger partial charge in [-0.2, -0.15) is 0 Å². The average Bonchev–Trinajstić information content (AvgIpc) is 2.53. The summed E-state index contributed by atoms with van der Waals surface area (Å²) in [7, 11) is 0. The van der Waals surface area contributed by atoms with E-state index in [9.17, 15) is 4.79 Å². The molecule has 13 heavy (non-hydrogen) atoms. The summed E-state index contributed by atoms with van der Waals surface area (Å²) in [5, 5.41) is 14.4. The van der Waals surface area contributed by atoms with Crippen LogP contribution in [0, 0.1) is 0 Å². The fraction of sp³-hybridized carbons (Fsp3) is 0.889. The number of urea groups is 1. The van der Waals surface area contributed by atoms with E-state index in [1.54, 1.807) is 6.92 Å². The molecule has 1 saturated carbocycles. The Morgan fingerprint density at radius 1 is 1.54 bits per heavy atom. The molecule has 0 aliphatic heterocycles. The molecule has 0 bridgehead atoms. The molecular formula is C9H18N2O2. The van der Waals surface area contributed by atoms with E-state index in [-0.39, 0.29) is 6.03 Å². The molecule has 1 aliphatic carbocycles. The molecule has 1 aliphatic rings. The van der Waals surface area contributed by atoms with Crippen molar-refractivity contribution in [3.8, 4) is 0 Å². The highest BCUT2D eigenvalue weighted by Crippen LogP contribution is 2.17. The molecule has 4 nitrogen and oxygen atoms in total. The first-order valence-electron chi connectivity index (χ1n) is 4.91. The van der Waals surface area contributed by atoms with Gasteiger partial charge in [-0.1, -0.05) is 12.8 Å². The van der Waals surface area contributed by atoms with Gasteiger partial charge < -0.3 is 15.7 Å². The largest absolute Gasteiger partial charge is 0.392 e. The van der Waals surface area contributed by atoms with Crippen molar-refractivity contribution < 1.29 is 9.90 Å². The summed E-state index contributed by atoms with van der Waals surface area (Å²) in [5.74, 6) is 0. The number of carbonyl (C=O) groups excluding carboxylic acids is 1. The molecule has 1 rings (SSSR count). The second kappa shape index (κ2) is 5.07. The van der Waals surface area contributed by atoms with Crippen molar-refractivity contribution in [3.05, 3.63) is 0 Å². The van der Waals surface area contributed by atoms with Crippen molar-refractivity contribution in [2.75, 3.05) is 6.54 Å². The first-order valence-corrected chi connectivity index (χ1v) is 4.91.